The molecule has 1 fully saturated rings. The van der Waals surface area contributed by atoms with Gasteiger partial charge in [0.1, 0.15) is 0 Å². The van der Waals surface area contributed by atoms with Crippen molar-refractivity contribution in [1.29, 1.82) is 0 Å². The standard InChI is InChI=1S/C14H19ClF3N3O2S.2ClH/c15-11-2-3-13(12(10-11)14(16,17)18)24(22,23)20-4-1-7-21-8-5-19-6-9-21;;/h2-3,10,19-20H,1,4-9H2;2*1H. The molecule has 0 bridgehead atoms. The monoisotopic (exact) mass is 457 g/mol. The number of sulfonamides is 1. The highest BCUT2D eigenvalue weighted by atomic mass is 35.5. The van der Waals surface area contributed by atoms with E-state index < -0.39 is 26.7 Å². The average Bonchev–Trinajstić information content (AvgIpc) is 2.51. The van der Waals surface area contributed by atoms with Crippen molar-refractivity contribution in [2.75, 3.05) is 39.3 Å². The first-order valence-electron chi connectivity index (χ1n) is 7.49. The number of piperazine rings is 1. The van der Waals surface area contributed by atoms with E-state index in [1.807, 2.05) is 0 Å². The van der Waals surface area contributed by atoms with Gasteiger partial charge in [0, 0.05) is 37.7 Å². The summed E-state index contributed by atoms with van der Waals surface area (Å²) >= 11 is 5.56. The van der Waals surface area contributed by atoms with Crippen LogP contribution in [0.4, 0.5) is 13.2 Å². The minimum Gasteiger partial charge on any atom is -0.314 e. The van der Waals surface area contributed by atoms with E-state index >= 15 is 0 Å². The first-order valence-corrected chi connectivity index (χ1v) is 9.36. The van der Waals surface area contributed by atoms with Crippen LogP contribution in [0.15, 0.2) is 23.1 Å². The summed E-state index contributed by atoms with van der Waals surface area (Å²) in [5, 5.41) is 3.04. The zero-order valence-electron chi connectivity index (χ0n) is 13.7. The maximum atomic E-state index is 13.0. The number of halogens is 6. The van der Waals surface area contributed by atoms with Crippen molar-refractivity contribution >= 4 is 46.4 Å². The summed E-state index contributed by atoms with van der Waals surface area (Å²) in [4.78, 5) is 1.37. The third-order valence-corrected chi connectivity index (χ3v) is 5.44. The average molecular weight is 459 g/mol. The molecule has 152 valence electrons. The maximum Gasteiger partial charge on any atom is 0.417 e. The van der Waals surface area contributed by atoms with Crippen LogP contribution in [0, 0.1) is 0 Å². The minimum absolute atomic E-state index is 0. The molecule has 1 aliphatic heterocycles. The molecule has 0 saturated carbocycles. The summed E-state index contributed by atoms with van der Waals surface area (Å²) in [6, 6.07) is 2.63. The van der Waals surface area contributed by atoms with E-state index in [1.165, 1.54) is 0 Å². The molecule has 0 amide bonds. The van der Waals surface area contributed by atoms with E-state index in [9.17, 15) is 21.6 Å². The van der Waals surface area contributed by atoms with Gasteiger partial charge < -0.3 is 10.2 Å². The Morgan fingerprint density at radius 3 is 2.38 bits per heavy atom. The molecule has 2 N–H and O–H groups in total. The lowest BCUT2D eigenvalue weighted by molar-refractivity contribution is -0.139. The Labute approximate surface area is 168 Å². The molecule has 1 aromatic carbocycles. The predicted octanol–water partition coefficient (Wildman–Crippen LogP) is 2.78. The van der Waals surface area contributed by atoms with Gasteiger partial charge in [-0.05, 0) is 31.2 Å². The highest BCUT2D eigenvalue weighted by Crippen LogP contribution is 2.35. The van der Waals surface area contributed by atoms with Crippen LogP contribution in [0.25, 0.3) is 0 Å². The topological polar surface area (TPSA) is 61.4 Å². The van der Waals surface area contributed by atoms with Crippen LogP contribution >= 0.6 is 36.4 Å². The second kappa shape index (κ2) is 10.9. The Bertz CT molecular complexity index is 669. The summed E-state index contributed by atoms with van der Waals surface area (Å²) in [5.74, 6) is 0. The largest absolute Gasteiger partial charge is 0.417 e. The fourth-order valence-corrected chi connectivity index (χ4v) is 3.93. The van der Waals surface area contributed by atoms with Crippen molar-refractivity contribution in [3.8, 4) is 0 Å². The third kappa shape index (κ3) is 7.38. The van der Waals surface area contributed by atoms with E-state index in [1.54, 1.807) is 0 Å². The van der Waals surface area contributed by atoms with Crippen molar-refractivity contribution in [3.63, 3.8) is 0 Å². The Kier molecular flexibility index (Phi) is 10.8. The van der Waals surface area contributed by atoms with E-state index in [2.05, 4.69) is 14.9 Å². The number of rotatable bonds is 6. The smallest absolute Gasteiger partial charge is 0.314 e. The molecular weight excluding hydrogens is 438 g/mol. The summed E-state index contributed by atoms with van der Waals surface area (Å²) in [6.45, 7) is 4.28. The Balaban J connectivity index is 0.00000312. The first-order chi connectivity index (χ1) is 11.2. The van der Waals surface area contributed by atoms with Crippen LogP contribution in [-0.2, 0) is 16.2 Å². The van der Waals surface area contributed by atoms with Crippen molar-refractivity contribution in [1.82, 2.24) is 14.9 Å². The Morgan fingerprint density at radius 1 is 1.19 bits per heavy atom. The molecule has 2 rings (SSSR count). The van der Waals surface area contributed by atoms with Crippen LogP contribution < -0.4 is 10.0 Å². The third-order valence-electron chi connectivity index (χ3n) is 3.69. The van der Waals surface area contributed by atoms with Crippen LogP contribution in [0.3, 0.4) is 0 Å². The molecule has 12 heteroatoms. The normalized spacial score (nSPS) is 15.8. The second-order valence-electron chi connectivity index (χ2n) is 5.48. The van der Waals surface area contributed by atoms with Gasteiger partial charge in [0.05, 0.1) is 10.5 Å². The van der Waals surface area contributed by atoms with E-state index in [4.69, 9.17) is 11.6 Å². The zero-order chi connectivity index (χ0) is 17.8. The molecule has 1 saturated heterocycles. The van der Waals surface area contributed by atoms with Gasteiger partial charge in [-0.3, -0.25) is 0 Å². The number of nitrogens with zero attached hydrogens (tertiary/aromatic N) is 1. The molecule has 0 aliphatic carbocycles. The fourth-order valence-electron chi connectivity index (χ4n) is 2.48. The van der Waals surface area contributed by atoms with E-state index in [-0.39, 0.29) is 36.4 Å². The van der Waals surface area contributed by atoms with Gasteiger partial charge in [-0.25, -0.2) is 13.1 Å². The summed E-state index contributed by atoms with van der Waals surface area (Å²) < 4.78 is 65.7. The molecule has 0 spiro atoms. The van der Waals surface area contributed by atoms with Gasteiger partial charge in [-0.2, -0.15) is 13.2 Å². The van der Waals surface area contributed by atoms with Crippen LogP contribution in [0.5, 0.6) is 0 Å². The molecule has 1 heterocycles. The molecule has 1 aliphatic rings. The second-order valence-corrected chi connectivity index (χ2v) is 7.65. The highest BCUT2D eigenvalue weighted by Gasteiger charge is 2.37. The Morgan fingerprint density at radius 2 is 1.81 bits per heavy atom. The van der Waals surface area contributed by atoms with Crippen LogP contribution in [0.2, 0.25) is 5.02 Å². The van der Waals surface area contributed by atoms with Crippen molar-refractivity contribution in [2.24, 2.45) is 0 Å². The minimum atomic E-state index is -4.80. The summed E-state index contributed by atoms with van der Waals surface area (Å²) in [7, 11) is -4.25. The molecular formula is C14H21Cl3F3N3O2S. The molecule has 26 heavy (non-hydrogen) atoms. The fraction of sp³-hybridized carbons (Fsp3) is 0.571. The zero-order valence-corrected chi connectivity index (χ0v) is 16.9. The lowest BCUT2D eigenvalue weighted by atomic mass is 10.2. The first kappa shape index (κ1) is 25.7. The molecule has 5 nitrogen and oxygen atoms in total. The van der Waals surface area contributed by atoms with Crippen LogP contribution in [-0.4, -0.2) is 52.6 Å². The number of nitrogens with one attached hydrogen (secondary N) is 2. The van der Waals surface area contributed by atoms with Gasteiger partial charge >= 0.3 is 6.18 Å². The van der Waals surface area contributed by atoms with E-state index in [0.717, 1.165) is 38.3 Å². The summed E-state index contributed by atoms with van der Waals surface area (Å²) in [6.07, 6.45) is -4.27. The molecule has 0 aromatic heterocycles. The SMILES string of the molecule is Cl.Cl.O=S(=O)(NCCCN1CCNCC1)c1ccc(Cl)cc1C(F)(F)F. The summed E-state index contributed by atoms with van der Waals surface area (Å²) in [5.41, 5.74) is -1.26. The van der Waals surface area contributed by atoms with Gasteiger partial charge in [0.25, 0.3) is 0 Å². The lowest BCUT2D eigenvalue weighted by Crippen LogP contribution is -2.44. The maximum absolute atomic E-state index is 13.0. The van der Waals surface area contributed by atoms with Crippen molar-refractivity contribution in [2.45, 2.75) is 17.5 Å². The molecule has 1 aromatic rings. The number of hydrogen-bond donors (Lipinski definition) is 2. The van der Waals surface area contributed by atoms with Gasteiger partial charge in [0.2, 0.25) is 10.0 Å². The van der Waals surface area contributed by atoms with Crippen LogP contribution in [0.1, 0.15) is 12.0 Å². The van der Waals surface area contributed by atoms with Crippen molar-refractivity contribution in [3.05, 3.63) is 28.8 Å². The van der Waals surface area contributed by atoms with Gasteiger partial charge in [-0.15, -0.1) is 24.8 Å². The predicted molar refractivity (Wildman–Crippen MR) is 100 cm³/mol. The number of alkyl halides is 3. The molecule has 0 unspecified atom stereocenters. The van der Waals surface area contributed by atoms with Gasteiger partial charge in [-0.1, -0.05) is 11.6 Å². The quantitative estimate of drug-likeness (QED) is 0.644. The number of hydrogen-bond acceptors (Lipinski definition) is 4. The Hall–Kier alpha value is -0.290. The van der Waals surface area contributed by atoms with Crippen molar-refractivity contribution < 1.29 is 21.6 Å². The molecule has 0 atom stereocenters. The number of benzene rings is 1. The molecule has 0 radical (unpaired) electrons. The lowest BCUT2D eigenvalue weighted by Gasteiger charge is -2.27. The van der Waals surface area contributed by atoms with E-state index in [0.29, 0.717) is 19.0 Å². The highest BCUT2D eigenvalue weighted by molar-refractivity contribution is 7.89. The van der Waals surface area contributed by atoms with Gasteiger partial charge in [0.15, 0.2) is 0 Å².